The Balaban J connectivity index is 1.74. The Morgan fingerprint density at radius 1 is 1.13 bits per heavy atom. The third kappa shape index (κ3) is 5.72. The van der Waals surface area contributed by atoms with Crippen molar-refractivity contribution >= 4 is 12.0 Å². The molecule has 0 fully saturated rings. The summed E-state index contributed by atoms with van der Waals surface area (Å²) in [6, 6.07) is 15.2. The number of ether oxygens (including phenoxy) is 1. The fourth-order valence-corrected chi connectivity index (χ4v) is 3.13. The first-order valence-electron chi connectivity index (χ1n) is 10.2. The van der Waals surface area contributed by atoms with Gasteiger partial charge in [-0.1, -0.05) is 48.9 Å². The van der Waals surface area contributed by atoms with Gasteiger partial charge in [-0.25, -0.2) is 14.3 Å². The minimum absolute atomic E-state index is 0.148. The summed E-state index contributed by atoms with van der Waals surface area (Å²) in [7, 11) is 0. The van der Waals surface area contributed by atoms with Gasteiger partial charge in [-0.15, -0.1) is 0 Å². The van der Waals surface area contributed by atoms with Gasteiger partial charge in [0.2, 0.25) is 0 Å². The molecular formula is C24H27N3O4. The molecule has 0 saturated carbocycles. The summed E-state index contributed by atoms with van der Waals surface area (Å²) in [6.07, 6.45) is 2.41. The number of carbonyl (C=O) groups is 1. The molecule has 162 valence electrons. The lowest BCUT2D eigenvalue weighted by molar-refractivity contribution is -0.132. The average Bonchev–Trinajstić information content (AvgIpc) is 3.04. The minimum atomic E-state index is -0.949. The van der Waals surface area contributed by atoms with Crippen LogP contribution < -0.4 is 10.4 Å². The maximum Gasteiger partial charge on any atom is 0.346 e. The first kappa shape index (κ1) is 22.1. The molecule has 0 aliphatic carbocycles. The SMILES string of the molecule is CCCn1c(COc2ccc(/C=C(\C)C(=O)O)cc2)nn(Cc2ccc(C)cc2)c1=O. The zero-order valence-electron chi connectivity index (χ0n) is 18.0. The van der Waals surface area contributed by atoms with Gasteiger partial charge in [0.05, 0.1) is 6.54 Å². The van der Waals surface area contributed by atoms with Gasteiger partial charge in [0.1, 0.15) is 12.4 Å². The molecule has 0 atom stereocenters. The molecule has 7 heteroatoms. The average molecular weight is 421 g/mol. The zero-order valence-corrected chi connectivity index (χ0v) is 18.0. The third-order valence-corrected chi connectivity index (χ3v) is 4.87. The van der Waals surface area contributed by atoms with Crippen LogP contribution in [0.5, 0.6) is 5.75 Å². The third-order valence-electron chi connectivity index (χ3n) is 4.87. The molecule has 3 rings (SSSR count). The van der Waals surface area contributed by atoms with Crippen LogP contribution in [0.3, 0.4) is 0 Å². The van der Waals surface area contributed by atoms with Crippen LogP contribution in [0.25, 0.3) is 6.08 Å². The standard InChI is InChI=1S/C24H27N3O4/c1-4-13-26-22(25-27(24(26)30)15-20-7-5-17(2)6-8-20)16-31-21-11-9-19(10-12-21)14-18(3)23(28)29/h5-12,14H,4,13,15-16H2,1-3H3,(H,28,29)/b18-14+. The Morgan fingerprint density at radius 2 is 1.81 bits per heavy atom. The van der Waals surface area contributed by atoms with Crippen LogP contribution in [0.4, 0.5) is 0 Å². The molecule has 0 unspecified atom stereocenters. The predicted molar refractivity (Wildman–Crippen MR) is 119 cm³/mol. The number of benzene rings is 2. The fourth-order valence-electron chi connectivity index (χ4n) is 3.13. The molecule has 0 aliphatic rings. The Kier molecular flexibility index (Phi) is 7.07. The topological polar surface area (TPSA) is 86.3 Å². The van der Waals surface area contributed by atoms with Gasteiger partial charge < -0.3 is 9.84 Å². The van der Waals surface area contributed by atoms with Gasteiger partial charge in [-0.3, -0.25) is 4.57 Å². The van der Waals surface area contributed by atoms with Crippen molar-refractivity contribution in [1.29, 1.82) is 0 Å². The smallest absolute Gasteiger partial charge is 0.346 e. The number of hydrogen-bond donors (Lipinski definition) is 1. The van der Waals surface area contributed by atoms with Crippen molar-refractivity contribution in [2.45, 2.75) is 46.9 Å². The number of aryl methyl sites for hydroxylation is 1. The van der Waals surface area contributed by atoms with Crippen molar-refractivity contribution in [3.05, 3.63) is 87.1 Å². The summed E-state index contributed by atoms with van der Waals surface area (Å²) in [6.45, 7) is 6.74. The van der Waals surface area contributed by atoms with E-state index in [1.54, 1.807) is 41.8 Å². The number of carboxylic acids is 1. The van der Waals surface area contributed by atoms with Gasteiger partial charge in [-0.2, -0.15) is 5.10 Å². The van der Waals surface area contributed by atoms with E-state index in [1.165, 1.54) is 10.2 Å². The largest absolute Gasteiger partial charge is 0.486 e. The normalized spacial score (nSPS) is 11.5. The van der Waals surface area contributed by atoms with Gasteiger partial charge in [0.15, 0.2) is 5.82 Å². The second-order valence-corrected chi connectivity index (χ2v) is 7.48. The summed E-state index contributed by atoms with van der Waals surface area (Å²) >= 11 is 0. The number of hydrogen-bond acceptors (Lipinski definition) is 4. The van der Waals surface area contributed by atoms with E-state index in [0.29, 0.717) is 24.7 Å². The number of rotatable bonds is 9. The van der Waals surface area contributed by atoms with E-state index < -0.39 is 5.97 Å². The van der Waals surface area contributed by atoms with E-state index in [2.05, 4.69) is 5.10 Å². The Bertz CT molecular complexity index is 1120. The lowest BCUT2D eigenvalue weighted by atomic mass is 10.1. The molecule has 0 spiro atoms. The fraction of sp³-hybridized carbons (Fsp3) is 0.292. The molecule has 0 bridgehead atoms. The van der Waals surface area contributed by atoms with Crippen molar-refractivity contribution in [3.63, 3.8) is 0 Å². The highest BCUT2D eigenvalue weighted by Crippen LogP contribution is 2.16. The Morgan fingerprint density at radius 3 is 2.42 bits per heavy atom. The molecule has 0 amide bonds. The minimum Gasteiger partial charge on any atom is -0.486 e. The van der Waals surface area contributed by atoms with Crippen molar-refractivity contribution in [1.82, 2.24) is 14.3 Å². The summed E-state index contributed by atoms with van der Waals surface area (Å²) < 4.78 is 8.98. The molecule has 1 aromatic heterocycles. The Hall–Kier alpha value is -3.61. The van der Waals surface area contributed by atoms with E-state index in [-0.39, 0.29) is 17.9 Å². The molecule has 3 aromatic rings. The maximum atomic E-state index is 12.8. The second-order valence-electron chi connectivity index (χ2n) is 7.48. The van der Waals surface area contributed by atoms with Crippen molar-refractivity contribution in [3.8, 4) is 5.75 Å². The van der Waals surface area contributed by atoms with Crippen LogP contribution in [0.1, 0.15) is 42.8 Å². The molecular weight excluding hydrogens is 394 g/mol. The Labute approximate surface area is 181 Å². The number of nitrogens with zero attached hydrogens (tertiary/aromatic N) is 3. The molecule has 0 radical (unpaired) electrons. The van der Waals surface area contributed by atoms with E-state index in [1.807, 2.05) is 38.1 Å². The highest BCUT2D eigenvalue weighted by molar-refractivity contribution is 5.91. The van der Waals surface area contributed by atoms with E-state index in [4.69, 9.17) is 9.84 Å². The lowest BCUT2D eigenvalue weighted by Gasteiger charge is -2.07. The number of aromatic nitrogens is 3. The highest BCUT2D eigenvalue weighted by atomic mass is 16.5. The summed E-state index contributed by atoms with van der Waals surface area (Å²) in [4.78, 5) is 23.8. The van der Waals surface area contributed by atoms with Gasteiger partial charge >= 0.3 is 11.7 Å². The maximum absolute atomic E-state index is 12.8. The van der Waals surface area contributed by atoms with Crippen LogP contribution in [-0.4, -0.2) is 25.4 Å². The van der Waals surface area contributed by atoms with E-state index in [9.17, 15) is 9.59 Å². The summed E-state index contributed by atoms with van der Waals surface area (Å²) in [5.74, 6) is 0.244. The molecule has 7 nitrogen and oxygen atoms in total. The summed E-state index contributed by atoms with van der Waals surface area (Å²) in [5.41, 5.74) is 3.07. The van der Waals surface area contributed by atoms with Crippen LogP contribution >= 0.6 is 0 Å². The van der Waals surface area contributed by atoms with E-state index >= 15 is 0 Å². The first-order chi connectivity index (χ1) is 14.9. The van der Waals surface area contributed by atoms with Crippen LogP contribution in [-0.2, 0) is 24.5 Å². The highest BCUT2D eigenvalue weighted by Gasteiger charge is 2.14. The van der Waals surface area contributed by atoms with Crippen LogP contribution in [0.2, 0.25) is 0 Å². The van der Waals surface area contributed by atoms with E-state index in [0.717, 1.165) is 17.5 Å². The van der Waals surface area contributed by atoms with Gasteiger partial charge in [0.25, 0.3) is 0 Å². The number of aliphatic carboxylic acids is 1. The molecule has 0 saturated heterocycles. The van der Waals surface area contributed by atoms with Crippen LogP contribution in [0, 0.1) is 6.92 Å². The molecule has 2 aromatic carbocycles. The van der Waals surface area contributed by atoms with Crippen molar-refractivity contribution in [2.24, 2.45) is 0 Å². The summed E-state index contributed by atoms with van der Waals surface area (Å²) in [5, 5.41) is 13.5. The lowest BCUT2D eigenvalue weighted by Crippen LogP contribution is -2.26. The van der Waals surface area contributed by atoms with Gasteiger partial charge in [0, 0.05) is 12.1 Å². The van der Waals surface area contributed by atoms with Gasteiger partial charge in [-0.05, 0) is 49.6 Å². The molecule has 0 aliphatic heterocycles. The first-order valence-corrected chi connectivity index (χ1v) is 10.2. The monoisotopic (exact) mass is 421 g/mol. The molecule has 31 heavy (non-hydrogen) atoms. The molecule has 1 heterocycles. The quantitative estimate of drug-likeness (QED) is 0.530. The zero-order chi connectivity index (χ0) is 22.4. The van der Waals surface area contributed by atoms with Crippen molar-refractivity contribution in [2.75, 3.05) is 0 Å². The molecule has 1 N–H and O–H groups in total. The second kappa shape index (κ2) is 9.93. The number of carboxylic acid groups (broad SMARTS) is 1. The predicted octanol–water partition coefficient (Wildman–Crippen LogP) is 3.88. The van der Waals surface area contributed by atoms with Crippen molar-refractivity contribution < 1.29 is 14.6 Å². The van der Waals surface area contributed by atoms with Crippen LogP contribution in [0.15, 0.2) is 58.9 Å².